The van der Waals surface area contributed by atoms with Crippen molar-refractivity contribution in [1.29, 1.82) is 0 Å². The van der Waals surface area contributed by atoms with Crippen LogP contribution >= 0.6 is 0 Å². The van der Waals surface area contributed by atoms with Crippen LogP contribution in [0.1, 0.15) is 65.7 Å². The first-order chi connectivity index (χ1) is 7.99. The molecule has 0 aromatic rings. The van der Waals surface area contributed by atoms with Gasteiger partial charge in [0.25, 0.3) is 0 Å². The maximum Gasteiger partial charge on any atom is 0.0683 e. The van der Waals surface area contributed by atoms with E-state index in [0.717, 1.165) is 24.4 Å². The monoisotopic (exact) mass is 236 g/mol. The van der Waals surface area contributed by atoms with Crippen LogP contribution in [0.15, 0.2) is 0 Å². The van der Waals surface area contributed by atoms with E-state index in [1.165, 1.54) is 44.9 Å². The Morgan fingerprint density at radius 3 is 2.24 bits per heavy atom. The van der Waals surface area contributed by atoms with Crippen LogP contribution in [0.2, 0.25) is 0 Å². The van der Waals surface area contributed by atoms with Crippen molar-refractivity contribution in [2.75, 3.05) is 6.61 Å². The molecule has 2 atom stereocenters. The third kappa shape index (κ3) is 2.41. The fourth-order valence-electron chi connectivity index (χ4n) is 4.08. The summed E-state index contributed by atoms with van der Waals surface area (Å²) in [5.74, 6) is 2.89. The van der Waals surface area contributed by atoms with Gasteiger partial charge in [-0.1, -0.05) is 20.8 Å². The zero-order chi connectivity index (χ0) is 12.1. The first kappa shape index (κ1) is 12.0. The van der Waals surface area contributed by atoms with Crippen LogP contribution < -0.4 is 0 Å². The lowest BCUT2D eigenvalue weighted by Gasteiger charge is -2.43. The molecule has 3 fully saturated rings. The molecule has 1 saturated heterocycles. The van der Waals surface area contributed by atoms with Gasteiger partial charge in [0.15, 0.2) is 0 Å². The molecular weight excluding hydrogens is 208 g/mol. The summed E-state index contributed by atoms with van der Waals surface area (Å²) in [6.45, 7) is 8.28. The molecule has 2 saturated carbocycles. The molecule has 0 aromatic carbocycles. The molecular formula is C16H28O. The highest BCUT2D eigenvalue weighted by atomic mass is 16.5. The molecule has 17 heavy (non-hydrogen) atoms. The molecule has 0 N–H and O–H groups in total. The third-order valence-electron chi connectivity index (χ3n) is 5.76. The Morgan fingerprint density at radius 2 is 1.59 bits per heavy atom. The molecule has 0 amide bonds. The molecule has 0 aromatic heterocycles. The van der Waals surface area contributed by atoms with Crippen LogP contribution in [0, 0.1) is 23.2 Å². The van der Waals surface area contributed by atoms with Crippen LogP contribution in [-0.2, 0) is 4.74 Å². The Kier molecular flexibility index (Phi) is 2.81. The average Bonchev–Trinajstić information content (AvgIpc) is 3.02. The summed E-state index contributed by atoms with van der Waals surface area (Å²) < 4.78 is 6.35. The first-order valence-corrected chi connectivity index (χ1v) is 7.62. The Labute approximate surface area is 106 Å². The van der Waals surface area contributed by atoms with E-state index in [4.69, 9.17) is 4.74 Å². The second-order valence-corrected chi connectivity index (χ2v) is 7.93. The second kappa shape index (κ2) is 3.98. The molecule has 3 rings (SSSR count). The zero-order valence-electron chi connectivity index (χ0n) is 11.8. The Morgan fingerprint density at radius 1 is 0.941 bits per heavy atom. The van der Waals surface area contributed by atoms with Crippen LogP contribution in [-0.4, -0.2) is 12.2 Å². The van der Waals surface area contributed by atoms with Crippen LogP contribution in [0.25, 0.3) is 0 Å². The van der Waals surface area contributed by atoms with Gasteiger partial charge in [0, 0.05) is 0 Å². The smallest absolute Gasteiger partial charge is 0.0683 e. The lowest BCUT2D eigenvalue weighted by atomic mass is 9.67. The highest BCUT2D eigenvalue weighted by Gasteiger charge is 2.47. The predicted molar refractivity (Wildman–Crippen MR) is 70.9 cm³/mol. The summed E-state index contributed by atoms with van der Waals surface area (Å²) in [7, 11) is 0. The van der Waals surface area contributed by atoms with Crippen molar-refractivity contribution >= 4 is 0 Å². The van der Waals surface area contributed by atoms with Gasteiger partial charge in [-0.15, -0.1) is 0 Å². The van der Waals surface area contributed by atoms with Gasteiger partial charge in [-0.05, 0) is 68.1 Å². The van der Waals surface area contributed by atoms with Gasteiger partial charge in [-0.3, -0.25) is 0 Å². The van der Waals surface area contributed by atoms with E-state index in [1.54, 1.807) is 0 Å². The molecule has 0 bridgehead atoms. The third-order valence-corrected chi connectivity index (χ3v) is 5.76. The largest absolute Gasteiger partial charge is 0.375 e. The molecule has 1 heteroatoms. The second-order valence-electron chi connectivity index (χ2n) is 7.93. The first-order valence-electron chi connectivity index (χ1n) is 7.62. The summed E-state index contributed by atoms with van der Waals surface area (Å²) in [6, 6.07) is 0. The minimum atomic E-state index is 0.301. The summed E-state index contributed by atoms with van der Waals surface area (Å²) in [4.78, 5) is 0. The highest BCUT2D eigenvalue weighted by molar-refractivity contribution is 4.97. The number of fused-ring (bicyclic) bond motifs is 1. The van der Waals surface area contributed by atoms with Crippen molar-refractivity contribution in [3.05, 3.63) is 0 Å². The molecule has 1 aliphatic heterocycles. The number of rotatable bonds is 0. The lowest BCUT2D eigenvalue weighted by Crippen LogP contribution is -2.39. The van der Waals surface area contributed by atoms with Gasteiger partial charge in [0.1, 0.15) is 0 Å². The quantitative estimate of drug-likeness (QED) is 0.605. The highest BCUT2D eigenvalue weighted by Crippen LogP contribution is 2.51. The molecule has 1 spiro atoms. The van der Waals surface area contributed by atoms with Crippen LogP contribution in [0.5, 0.6) is 0 Å². The number of ether oxygens (including phenoxy) is 1. The van der Waals surface area contributed by atoms with E-state index in [-0.39, 0.29) is 0 Å². The maximum atomic E-state index is 6.35. The van der Waals surface area contributed by atoms with Crippen molar-refractivity contribution in [2.24, 2.45) is 23.2 Å². The summed E-state index contributed by atoms with van der Waals surface area (Å²) in [5, 5.41) is 0. The van der Waals surface area contributed by atoms with Crippen molar-refractivity contribution in [3.8, 4) is 0 Å². The minimum absolute atomic E-state index is 0.301. The fraction of sp³-hybridized carbons (Fsp3) is 1.00. The molecule has 98 valence electrons. The lowest BCUT2D eigenvalue weighted by molar-refractivity contribution is -0.0893. The van der Waals surface area contributed by atoms with Crippen molar-refractivity contribution in [1.82, 2.24) is 0 Å². The normalized spacial score (nSPS) is 46.4. The molecule has 0 unspecified atom stereocenters. The van der Waals surface area contributed by atoms with Crippen molar-refractivity contribution in [3.63, 3.8) is 0 Å². The van der Waals surface area contributed by atoms with Crippen LogP contribution in [0.4, 0.5) is 0 Å². The van der Waals surface area contributed by atoms with Crippen LogP contribution in [0.3, 0.4) is 0 Å². The molecule has 3 aliphatic rings. The van der Waals surface area contributed by atoms with E-state index in [2.05, 4.69) is 20.8 Å². The van der Waals surface area contributed by atoms with Gasteiger partial charge in [0.2, 0.25) is 0 Å². The molecule has 0 radical (unpaired) electrons. The SMILES string of the molecule is CC(C)(C)C1CCC2(CC1)CC[C@@H]1C[C@@H]1CO2. The summed E-state index contributed by atoms with van der Waals surface area (Å²) in [5.41, 5.74) is 0.795. The Bertz CT molecular complexity index is 266. The van der Waals surface area contributed by atoms with Crippen molar-refractivity contribution < 1.29 is 4.74 Å². The van der Waals surface area contributed by atoms with E-state index < -0.39 is 0 Å². The van der Waals surface area contributed by atoms with Gasteiger partial charge in [-0.25, -0.2) is 0 Å². The number of hydrogen-bond donors (Lipinski definition) is 0. The van der Waals surface area contributed by atoms with E-state index in [1.807, 2.05) is 0 Å². The minimum Gasteiger partial charge on any atom is -0.375 e. The van der Waals surface area contributed by atoms with Gasteiger partial charge < -0.3 is 4.74 Å². The molecule has 2 aliphatic carbocycles. The average molecular weight is 236 g/mol. The summed E-state index contributed by atoms with van der Waals surface area (Å²) in [6.07, 6.45) is 9.69. The standard InChI is InChI=1S/C16H28O/c1-15(2,3)14-5-8-16(9-6-14)7-4-12-10-13(12)11-17-16/h12-14H,4-11H2,1-3H3/t12-,13-,14?,16?/m1/s1. The van der Waals surface area contributed by atoms with Gasteiger partial charge in [0.05, 0.1) is 12.2 Å². The zero-order valence-corrected chi connectivity index (χ0v) is 11.8. The molecule has 1 heterocycles. The topological polar surface area (TPSA) is 9.23 Å². The molecule has 1 nitrogen and oxygen atoms in total. The predicted octanol–water partition coefficient (Wildman–Crippen LogP) is 4.41. The van der Waals surface area contributed by atoms with Gasteiger partial charge >= 0.3 is 0 Å². The van der Waals surface area contributed by atoms with E-state index >= 15 is 0 Å². The Balaban J connectivity index is 1.59. The van der Waals surface area contributed by atoms with E-state index in [9.17, 15) is 0 Å². The number of hydrogen-bond acceptors (Lipinski definition) is 1. The van der Waals surface area contributed by atoms with Crippen molar-refractivity contribution in [2.45, 2.75) is 71.3 Å². The Hall–Kier alpha value is -0.0400. The van der Waals surface area contributed by atoms with Gasteiger partial charge in [-0.2, -0.15) is 0 Å². The maximum absolute atomic E-state index is 6.35. The summed E-state index contributed by atoms with van der Waals surface area (Å²) >= 11 is 0. The van der Waals surface area contributed by atoms with E-state index in [0.29, 0.717) is 11.0 Å². The fourth-order valence-corrected chi connectivity index (χ4v) is 4.08.